The largest absolute Gasteiger partial charge is 0.313 e. The Morgan fingerprint density at radius 3 is 2.65 bits per heavy atom. The van der Waals surface area contributed by atoms with Gasteiger partial charge in [0.05, 0.1) is 0 Å². The molecule has 0 radical (unpaired) electrons. The number of hydrogen-bond acceptors (Lipinski definition) is 3. The van der Waals surface area contributed by atoms with E-state index in [2.05, 4.69) is 17.1 Å². The van der Waals surface area contributed by atoms with Gasteiger partial charge in [0.15, 0.2) is 0 Å². The normalized spacial score (nSPS) is 37.1. The second-order valence-corrected chi connectivity index (χ2v) is 9.18. The van der Waals surface area contributed by atoms with Gasteiger partial charge in [-0.25, -0.2) is 0 Å². The highest BCUT2D eigenvalue weighted by molar-refractivity contribution is 7.85. The maximum absolute atomic E-state index is 11.5. The lowest BCUT2D eigenvalue weighted by Crippen LogP contribution is -2.50. The van der Waals surface area contributed by atoms with E-state index < -0.39 is 10.8 Å². The molecular formula is C16H30N2OS. The van der Waals surface area contributed by atoms with Gasteiger partial charge < -0.3 is 10.2 Å². The van der Waals surface area contributed by atoms with Crippen LogP contribution in [-0.2, 0) is 10.8 Å². The zero-order chi connectivity index (χ0) is 14.0. The highest BCUT2D eigenvalue weighted by Crippen LogP contribution is 2.40. The van der Waals surface area contributed by atoms with E-state index >= 15 is 0 Å². The van der Waals surface area contributed by atoms with Gasteiger partial charge in [0.1, 0.15) is 0 Å². The van der Waals surface area contributed by atoms with Crippen LogP contribution in [0.1, 0.15) is 45.4 Å². The molecule has 4 heteroatoms. The highest BCUT2D eigenvalue weighted by Gasteiger charge is 2.38. The first-order chi connectivity index (χ1) is 9.65. The first-order valence-electron chi connectivity index (χ1n) is 8.46. The summed E-state index contributed by atoms with van der Waals surface area (Å²) >= 11 is 0. The molecule has 3 aliphatic rings. The molecule has 2 aliphatic carbocycles. The molecule has 20 heavy (non-hydrogen) atoms. The molecule has 0 aromatic heterocycles. The fourth-order valence-electron chi connectivity index (χ4n) is 4.09. The Labute approximate surface area is 126 Å². The van der Waals surface area contributed by atoms with Crippen molar-refractivity contribution >= 4 is 10.8 Å². The zero-order valence-electron chi connectivity index (χ0n) is 12.9. The summed E-state index contributed by atoms with van der Waals surface area (Å²) in [6.45, 7) is 6.96. The first kappa shape index (κ1) is 15.0. The monoisotopic (exact) mass is 298 g/mol. The second kappa shape index (κ2) is 6.45. The Balaban J connectivity index is 1.59. The van der Waals surface area contributed by atoms with Crippen molar-refractivity contribution in [3.05, 3.63) is 0 Å². The van der Waals surface area contributed by atoms with Crippen molar-refractivity contribution in [2.45, 2.75) is 51.5 Å². The molecule has 2 unspecified atom stereocenters. The van der Waals surface area contributed by atoms with Crippen LogP contribution in [0.15, 0.2) is 0 Å². The van der Waals surface area contributed by atoms with Crippen LogP contribution in [0.25, 0.3) is 0 Å². The molecule has 0 aromatic carbocycles. The molecule has 116 valence electrons. The van der Waals surface area contributed by atoms with Crippen LogP contribution in [-0.4, -0.2) is 52.8 Å². The van der Waals surface area contributed by atoms with Crippen LogP contribution in [0.4, 0.5) is 0 Å². The predicted octanol–water partition coefficient (Wildman–Crippen LogP) is 2.00. The standard InChI is InChI=1S/C16H30N2OS/c1-14-3-2-6-16(11-14,12-17-15-4-5-15)13-18-7-9-20(19)10-8-18/h14-15,17H,2-13H2,1H3. The molecule has 0 aromatic rings. The Hall–Kier alpha value is 0.0700. The molecule has 1 heterocycles. The summed E-state index contributed by atoms with van der Waals surface area (Å²) in [6.07, 6.45) is 8.34. The molecule has 2 atom stereocenters. The number of nitrogens with one attached hydrogen (secondary N) is 1. The Kier molecular flexibility index (Phi) is 4.83. The van der Waals surface area contributed by atoms with Gasteiger partial charge >= 0.3 is 0 Å². The lowest BCUT2D eigenvalue weighted by Gasteiger charge is -2.44. The highest BCUT2D eigenvalue weighted by atomic mass is 32.2. The third-order valence-corrected chi connectivity index (χ3v) is 6.63. The molecular weight excluding hydrogens is 268 g/mol. The average molecular weight is 298 g/mol. The van der Waals surface area contributed by atoms with Crippen molar-refractivity contribution in [1.82, 2.24) is 10.2 Å². The molecule has 0 amide bonds. The van der Waals surface area contributed by atoms with E-state index in [4.69, 9.17) is 0 Å². The fraction of sp³-hybridized carbons (Fsp3) is 1.00. The minimum Gasteiger partial charge on any atom is -0.313 e. The van der Waals surface area contributed by atoms with Crippen LogP contribution in [0, 0.1) is 11.3 Å². The summed E-state index contributed by atoms with van der Waals surface area (Å²) in [4.78, 5) is 2.59. The SMILES string of the molecule is CC1CCCC(CNC2CC2)(CN2CCS(=O)CC2)C1. The summed E-state index contributed by atoms with van der Waals surface area (Å²) in [5.41, 5.74) is 0.485. The Bertz CT molecular complexity index is 348. The van der Waals surface area contributed by atoms with Crippen LogP contribution in [0.3, 0.4) is 0 Å². The molecule has 3 nitrogen and oxygen atoms in total. The minimum absolute atomic E-state index is 0.485. The molecule has 0 bridgehead atoms. The second-order valence-electron chi connectivity index (χ2n) is 7.48. The minimum atomic E-state index is -0.546. The van der Waals surface area contributed by atoms with Gasteiger partial charge in [-0.2, -0.15) is 0 Å². The first-order valence-corrected chi connectivity index (χ1v) is 9.95. The van der Waals surface area contributed by atoms with Crippen molar-refractivity contribution in [2.75, 3.05) is 37.7 Å². The van der Waals surface area contributed by atoms with E-state index in [1.165, 1.54) is 51.6 Å². The van der Waals surface area contributed by atoms with E-state index in [1.54, 1.807) is 0 Å². The predicted molar refractivity (Wildman–Crippen MR) is 85.4 cm³/mol. The molecule has 3 fully saturated rings. The molecule has 2 saturated carbocycles. The Morgan fingerprint density at radius 1 is 1.25 bits per heavy atom. The third kappa shape index (κ3) is 4.05. The smallest absolute Gasteiger partial charge is 0.0363 e. The van der Waals surface area contributed by atoms with E-state index in [0.29, 0.717) is 5.41 Å². The van der Waals surface area contributed by atoms with Gasteiger partial charge in [-0.1, -0.05) is 19.8 Å². The number of nitrogens with zero attached hydrogens (tertiary/aromatic N) is 1. The van der Waals surface area contributed by atoms with Gasteiger partial charge in [0.25, 0.3) is 0 Å². The van der Waals surface area contributed by atoms with Gasteiger partial charge in [-0.15, -0.1) is 0 Å². The quantitative estimate of drug-likeness (QED) is 0.842. The van der Waals surface area contributed by atoms with Gasteiger partial charge in [-0.3, -0.25) is 4.21 Å². The maximum atomic E-state index is 11.5. The lowest BCUT2D eigenvalue weighted by atomic mass is 9.69. The van der Waals surface area contributed by atoms with Gasteiger partial charge in [0.2, 0.25) is 0 Å². The average Bonchev–Trinajstić information content (AvgIpc) is 3.24. The summed E-state index contributed by atoms with van der Waals surface area (Å²) in [6, 6.07) is 0.818. The zero-order valence-corrected chi connectivity index (χ0v) is 13.7. The van der Waals surface area contributed by atoms with Gasteiger partial charge in [-0.05, 0) is 37.0 Å². The summed E-state index contributed by atoms with van der Waals surface area (Å²) in [7, 11) is -0.546. The van der Waals surface area contributed by atoms with Crippen LogP contribution < -0.4 is 5.32 Å². The topological polar surface area (TPSA) is 32.3 Å². The van der Waals surface area contributed by atoms with Crippen molar-refractivity contribution in [2.24, 2.45) is 11.3 Å². The van der Waals surface area contributed by atoms with Crippen LogP contribution in [0.5, 0.6) is 0 Å². The van der Waals surface area contributed by atoms with Crippen LogP contribution >= 0.6 is 0 Å². The number of rotatable bonds is 5. The summed E-state index contributed by atoms with van der Waals surface area (Å²) < 4.78 is 11.5. The molecule has 1 aliphatic heterocycles. The summed E-state index contributed by atoms with van der Waals surface area (Å²) in [5, 5.41) is 3.80. The van der Waals surface area contributed by atoms with Crippen molar-refractivity contribution in [1.29, 1.82) is 0 Å². The van der Waals surface area contributed by atoms with Crippen molar-refractivity contribution < 1.29 is 4.21 Å². The van der Waals surface area contributed by atoms with Crippen molar-refractivity contribution in [3.63, 3.8) is 0 Å². The van der Waals surface area contributed by atoms with E-state index in [0.717, 1.165) is 36.6 Å². The lowest BCUT2D eigenvalue weighted by molar-refractivity contribution is 0.0839. The van der Waals surface area contributed by atoms with Gasteiger partial charge in [0, 0.05) is 54.5 Å². The maximum Gasteiger partial charge on any atom is 0.0363 e. The molecule has 0 spiro atoms. The van der Waals surface area contributed by atoms with Crippen LogP contribution in [0.2, 0.25) is 0 Å². The Morgan fingerprint density at radius 2 is 2.00 bits per heavy atom. The summed E-state index contributed by atoms with van der Waals surface area (Å²) in [5.74, 6) is 2.66. The van der Waals surface area contributed by atoms with Crippen molar-refractivity contribution in [3.8, 4) is 0 Å². The van der Waals surface area contributed by atoms with E-state index in [-0.39, 0.29) is 0 Å². The molecule has 3 rings (SSSR count). The third-order valence-electron chi connectivity index (χ3n) is 5.36. The number of hydrogen-bond donors (Lipinski definition) is 1. The van der Waals surface area contributed by atoms with E-state index in [9.17, 15) is 4.21 Å². The molecule has 1 N–H and O–H groups in total. The fourth-order valence-corrected chi connectivity index (χ4v) is 5.21. The van der Waals surface area contributed by atoms with E-state index in [1.807, 2.05) is 0 Å². The molecule has 1 saturated heterocycles.